The predicted molar refractivity (Wildman–Crippen MR) is 87.3 cm³/mol. The molecule has 0 aromatic carbocycles. The van der Waals surface area contributed by atoms with Crippen LogP contribution in [-0.2, 0) is 4.79 Å². The molecule has 1 spiro atoms. The van der Waals surface area contributed by atoms with Gasteiger partial charge < -0.3 is 5.11 Å². The Hall–Kier alpha value is -0.370. The van der Waals surface area contributed by atoms with Gasteiger partial charge in [-0.05, 0) is 67.1 Å². The van der Waals surface area contributed by atoms with Gasteiger partial charge in [0.15, 0.2) is 0 Å². The molecule has 2 nitrogen and oxygen atoms in total. The summed E-state index contributed by atoms with van der Waals surface area (Å²) in [5.41, 5.74) is 0.260. The van der Waals surface area contributed by atoms with E-state index in [0.29, 0.717) is 17.1 Å². The molecule has 0 aliphatic heterocycles. The zero-order chi connectivity index (χ0) is 15.9. The van der Waals surface area contributed by atoms with E-state index >= 15 is 0 Å². The van der Waals surface area contributed by atoms with Crippen LogP contribution in [0.25, 0.3) is 0 Å². The fraction of sp³-hybridized carbons (Fsp3) is 0.950. The van der Waals surface area contributed by atoms with Crippen LogP contribution in [0.1, 0.15) is 72.6 Å². The molecule has 124 valence electrons. The number of aliphatic hydroxyl groups is 1. The molecule has 4 aliphatic carbocycles. The van der Waals surface area contributed by atoms with Crippen molar-refractivity contribution in [1.82, 2.24) is 0 Å². The van der Waals surface area contributed by atoms with Crippen LogP contribution in [0.15, 0.2) is 0 Å². The maximum atomic E-state index is 13.2. The number of carbonyl (C=O) groups is 1. The molecule has 0 saturated heterocycles. The van der Waals surface area contributed by atoms with Gasteiger partial charge in [0.1, 0.15) is 5.78 Å². The van der Waals surface area contributed by atoms with Crippen molar-refractivity contribution >= 4 is 5.78 Å². The van der Waals surface area contributed by atoms with Crippen molar-refractivity contribution < 1.29 is 9.90 Å². The summed E-state index contributed by atoms with van der Waals surface area (Å²) in [5, 5.41) is 11.0. The highest BCUT2D eigenvalue weighted by molar-refractivity contribution is 5.91. The second-order valence-electron chi connectivity index (χ2n) is 9.87. The second kappa shape index (κ2) is 4.37. The minimum Gasteiger partial charge on any atom is -0.392 e. The van der Waals surface area contributed by atoms with Gasteiger partial charge in [0.2, 0.25) is 0 Å². The van der Waals surface area contributed by atoms with E-state index in [4.69, 9.17) is 0 Å². The molecule has 0 amide bonds. The number of ketones is 1. The Balaban J connectivity index is 1.81. The Morgan fingerprint density at radius 3 is 2.45 bits per heavy atom. The molecule has 7 atom stereocenters. The van der Waals surface area contributed by atoms with Crippen molar-refractivity contribution in [2.45, 2.75) is 78.7 Å². The van der Waals surface area contributed by atoms with Gasteiger partial charge in [-0.2, -0.15) is 0 Å². The van der Waals surface area contributed by atoms with Gasteiger partial charge in [0.05, 0.1) is 11.5 Å². The van der Waals surface area contributed by atoms with Gasteiger partial charge in [-0.25, -0.2) is 0 Å². The summed E-state index contributed by atoms with van der Waals surface area (Å²) >= 11 is 0. The normalized spacial score (nSPS) is 56.4. The summed E-state index contributed by atoms with van der Waals surface area (Å²) in [5.74, 6) is 1.87. The molecule has 4 aliphatic rings. The maximum Gasteiger partial charge on any atom is 0.145 e. The maximum absolute atomic E-state index is 13.2. The van der Waals surface area contributed by atoms with Crippen LogP contribution in [0.2, 0.25) is 0 Å². The number of fused-ring (bicyclic) bond motifs is 3. The van der Waals surface area contributed by atoms with Crippen LogP contribution in [0.3, 0.4) is 0 Å². The lowest BCUT2D eigenvalue weighted by atomic mass is 9.40. The smallest absolute Gasteiger partial charge is 0.145 e. The summed E-state index contributed by atoms with van der Waals surface area (Å²) in [7, 11) is 0. The van der Waals surface area contributed by atoms with Crippen molar-refractivity contribution in [3.05, 3.63) is 0 Å². The monoisotopic (exact) mass is 304 g/mol. The van der Waals surface area contributed by atoms with E-state index < -0.39 is 0 Å². The molecule has 4 saturated carbocycles. The van der Waals surface area contributed by atoms with E-state index in [0.717, 1.165) is 25.2 Å². The van der Waals surface area contributed by atoms with E-state index in [9.17, 15) is 9.90 Å². The number of aliphatic hydroxyl groups excluding tert-OH is 1. The first-order valence-electron chi connectivity index (χ1n) is 9.47. The SMILES string of the molecule is C[C@H]1C(=O)[C@@]23CC[C@@H]4C(C)(C)CCC[C@@]4(C)[C@@H]2CC[C@@H]1[C@@H]3O. The van der Waals surface area contributed by atoms with Crippen molar-refractivity contribution in [3.8, 4) is 0 Å². The summed E-state index contributed by atoms with van der Waals surface area (Å²) in [6.07, 6.45) is 7.82. The first-order valence-corrected chi connectivity index (χ1v) is 9.47. The average molecular weight is 304 g/mol. The predicted octanol–water partition coefficient (Wildman–Crippen LogP) is 4.21. The number of Topliss-reactive ketones (excluding diaryl/α,β-unsaturated/α-hetero) is 1. The van der Waals surface area contributed by atoms with E-state index in [1.807, 2.05) is 0 Å². The molecular weight excluding hydrogens is 272 g/mol. The summed E-state index contributed by atoms with van der Waals surface area (Å²) in [4.78, 5) is 13.2. The molecule has 0 aromatic rings. The van der Waals surface area contributed by atoms with Gasteiger partial charge in [-0.1, -0.05) is 34.1 Å². The second-order valence-corrected chi connectivity index (χ2v) is 9.87. The van der Waals surface area contributed by atoms with Crippen LogP contribution in [0, 0.1) is 39.9 Å². The quantitative estimate of drug-likeness (QED) is 0.728. The standard InChI is InChI=1S/C20H32O2/c1-12-13-6-7-15-19(4)10-5-9-18(2,3)14(19)8-11-20(15,16(12)21)17(13)22/h12-15,17,22H,5-11H2,1-4H3/t12-,13+,14-,15+,17+,19-,20-/m1/s1. The third kappa shape index (κ3) is 1.53. The summed E-state index contributed by atoms with van der Waals surface area (Å²) in [6.45, 7) is 9.42. The van der Waals surface area contributed by atoms with Crippen LogP contribution in [0.4, 0.5) is 0 Å². The highest BCUT2D eigenvalue weighted by atomic mass is 16.3. The van der Waals surface area contributed by atoms with Gasteiger partial charge in [-0.3, -0.25) is 4.79 Å². The third-order valence-electron chi connectivity index (χ3n) is 8.78. The number of rotatable bonds is 0. The van der Waals surface area contributed by atoms with Gasteiger partial charge in [0.25, 0.3) is 0 Å². The Bertz CT molecular complexity index is 510. The molecule has 0 radical (unpaired) electrons. The summed E-state index contributed by atoms with van der Waals surface area (Å²) in [6, 6.07) is 0. The Kier molecular flexibility index (Phi) is 3.02. The first-order chi connectivity index (χ1) is 10.2. The Labute approximate surface area is 135 Å². The molecule has 2 heteroatoms. The molecule has 4 rings (SSSR count). The van der Waals surface area contributed by atoms with Crippen LogP contribution in [0.5, 0.6) is 0 Å². The van der Waals surface area contributed by atoms with Crippen molar-refractivity contribution in [3.63, 3.8) is 0 Å². The summed E-state index contributed by atoms with van der Waals surface area (Å²) < 4.78 is 0. The minimum absolute atomic E-state index is 0.0803. The minimum atomic E-state index is -0.388. The van der Waals surface area contributed by atoms with Gasteiger partial charge in [-0.15, -0.1) is 0 Å². The molecule has 0 aromatic heterocycles. The van der Waals surface area contributed by atoms with E-state index in [1.54, 1.807) is 0 Å². The lowest BCUT2D eigenvalue weighted by Crippen LogP contribution is -2.61. The molecule has 0 unspecified atom stereocenters. The lowest BCUT2D eigenvalue weighted by Gasteiger charge is -2.64. The Morgan fingerprint density at radius 1 is 1.00 bits per heavy atom. The Morgan fingerprint density at radius 2 is 1.73 bits per heavy atom. The first kappa shape index (κ1) is 15.2. The largest absolute Gasteiger partial charge is 0.392 e. The average Bonchev–Trinajstić information content (AvgIpc) is 2.56. The molecule has 22 heavy (non-hydrogen) atoms. The highest BCUT2D eigenvalue weighted by Gasteiger charge is 2.70. The van der Waals surface area contributed by atoms with Crippen LogP contribution in [-0.4, -0.2) is 17.0 Å². The van der Waals surface area contributed by atoms with Crippen molar-refractivity contribution in [2.24, 2.45) is 39.9 Å². The molecule has 4 fully saturated rings. The number of carbonyl (C=O) groups excluding carboxylic acids is 1. The van der Waals surface area contributed by atoms with Crippen molar-refractivity contribution in [2.75, 3.05) is 0 Å². The lowest BCUT2D eigenvalue weighted by molar-refractivity contribution is -0.186. The highest BCUT2D eigenvalue weighted by Crippen LogP contribution is 2.71. The number of hydrogen-bond acceptors (Lipinski definition) is 2. The van der Waals surface area contributed by atoms with Crippen LogP contribution >= 0.6 is 0 Å². The zero-order valence-corrected chi connectivity index (χ0v) is 14.7. The molecule has 2 bridgehead atoms. The third-order valence-corrected chi connectivity index (χ3v) is 8.78. The molecule has 0 heterocycles. The zero-order valence-electron chi connectivity index (χ0n) is 14.7. The van der Waals surface area contributed by atoms with Gasteiger partial charge in [0, 0.05) is 5.92 Å². The topological polar surface area (TPSA) is 37.3 Å². The molecule has 1 N–H and O–H groups in total. The fourth-order valence-corrected chi connectivity index (χ4v) is 7.87. The van der Waals surface area contributed by atoms with E-state index in [2.05, 4.69) is 27.7 Å². The number of hydrogen-bond donors (Lipinski definition) is 1. The fourth-order valence-electron chi connectivity index (χ4n) is 7.87. The van der Waals surface area contributed by atoms with E-state index in [-0.39, 0.29) is 28.8 Å². The van der Waals surface area contributed by atoms with Crippen LogP contribution < -0.4 is 0 Å². The van der Waals surface area contributed by atoms with Gasteiger partial charge >= 0.3 is 0 Å². The van der Waals surface area contributed by atoms with Crippen molar-refractivity contribution in [1.29, 1.82) is 0 Å². The molecular formula is C20H32O2. The van der Waals surface area contributed by atoms with E-state index in [1.165, 1.54) is 25.7 Å².